The van der Waals surface area contributed by atoms with Gasteiger partial charge < -0.3 is 14.2 Å². The molecule has 2 aliphatic heterocycles. The van der Waals surface area contributed by atoms with Gasteiger partial charge in [-0.25, -0.2) is 0 Å². The minimum absolute atomic E-state index is 0.318. The summed E-state index contributed by atoms with van der Waals surface area (Å²) in [7, 11) is 0. The number of benzene rings is 1. The number of hydrogen-bond acceptors (Lipinski definition) is 5. The Morgan fingerprint density at radius 2 is 2.16 bits per heavy atom. The Morgan fingerprint density at radius 1 is 1.24 bits per heavy atom. The Kier molecular flexibility index (Phi) is 4.68. The summed E-state index contributed by atoms with van der Waals surface area (Å²) < 4.78 is 16.5. The van der Waals surface area contributed by atoms with Crippen LogP contribution in [-0.4, -0.2) is 29.8 Å². The molecule has 0 fully saturated rings. The number of rotatable bonds is 6. The first-order valence-electron chi connectivity index (χ1n) is 8.57. The molecular weight excluding hydrogens is 316 g/mol. The van der Waals surface area contributed by atoms with Gasteiger partial charge in [0.2, 0.25) is 6.79 Å². The Morgan fingerprint density at radius 3 is 3.08 bits per heavy atom. The second-order valence-electron chi connectivity index (χ2n) is 6.39. The van der Waals surface area contributed by atoms with E-state index in [0.29, 0.717) is 20.0 Å². The molecule has 0 saturated heterocycles. The van der Waals surface area contributed by atoms with Gasteiger partial charge in [-0.3, -0.25) is 9.88 Å². The Hall–Kier alpha value is -2.37. The summed E-state index contributed by atoms with van der Waals surface area (Å²) in [5, 5.41) is 0. The first-order chi connectivity index (χ1) is 12.3. The molecule has 25 heavy (non-hydrogen) atoms. The van der Waals surface area contributed by atoms with Gasteiger partial charge in [0.15, 0.2) is 11.5 Å². The van der Waals surface area contributed by atoms with Crippen LogP contribution in [0.2, 0.25) is 0 Å². The van der Waals surface area contributed by atoms with Crippen LogP contribution in [0.15, 0.2) is 43.2 Å². The highest BCUT2D eigenvalue weighted by Crippen LogP contribution is 2.33. The summed E-state index contributed by atoms with van der Waals surface area (Å²) in [5.41, 5.74) is 5.13. The van der Waals surface area contributed by atoms with Gasteiger partial charge in [0.05, 0.1) is 13.2 Å². The quantitative estimate of drug-likeness (QED) is 0.598. The zero-order valence-corrected chi connectivity index (χ0v) is 14.2. The van der Waals surface area contributed by atoms with Crippen LogP contribution in [0.4, 0.5) is 0 Å². The summed E-state index contributed by atoms with van der Waals surface area (Å²) >= 11 is 0. The highest BCUT2D eigenvalue weighted by Gasteiger charge is 2.20. The monoisotopic (exact) mass is 338 g/mol. The van der Waals surface area contributed by atoms with Gasteiger partial charge in [-0.05, 0) is 40.8 Å². The molecule has 2 aliphatic rings. The van der Waals surface area contributed by atoms with Gasteiger partial charge in [-0.2, -0.15) is 0 Å². The molecule has 0 spiro atoms. The van der Waals surface area contributed by atoms with Gasteiger partial charge in [0.25, 0.3) is 0 Å². The minimum Gasteiger partial charge on any atom is -0.454 e. The summed E-state index contributed by atoms with van der Waals surface area (Å²) in [6.07, 6.45) is 6.71. The standard InChI is InChI=1S/C20H22N2O3/c1-2-7-23-13-17-10-21-9-16-12-22(6-5-18(16)17)11-15-3-4-19-20(8-15)25-14-24-19/h2-4,8-10H,1,5-7,11-14H2. The third-order valence-corrected chi connectivity index (χ3v) is 4.64. The predicted octanol–water partition coefficient (Wildman–Crippen LogP) is 3.07. The van der Waals surface area contributed by atoms with E-state index in [4.69, 9.17) is 14.2 Å². The summed E-state index contributed by atoms with van der Waals surface area (Å²) in [4.78, 5) is 6.84. The molecule has 130 valence electrons. The Balaban J connectivity index is 1.44. The van der Waals surface area contributed by atoms with Crippen LogP contribution in [0.3, 0.4) is 0 Å². The zero-order chi connectivity index (χ0) is 17.1. The van der Waals surface area contributed by atoms with Crippen molar-refractivity contribution in [1.82, 2.24) is 9.88 Å². The lowest BCUT2D eigenvalue weighted by molar-refractivity contribution is 0.147. The first-order valence-corrected chi connectivity index (χ1v) is 8.57. The predicted molar refractivity (Wildman–Crippen MR) is 94.5 cm³/mol. The molecule has 0 aliphatic carbocycles. The molecule has 0 unspecified atom stereocenters. The highest BCUT2D eigenvalue weighted by molar-refractivity contribution is 5.44. The highest BCUT2D eigenvalue weighted by atomic mass is 16.7. The average molecular weight is 338 g/mol. The van der Waals surface area contributed by atoms with Crippen molar-refractivity contribution in [2.45, 2.75) is 26.1 Å². The van der Waals surface area contributed by atoms with Crippen LogP contribution in [0.1, 0.15) is 22.3 Å². The van der Waals surface area contributed by atoms with E-state index in [1.807, 2.05) is 18.5 Å². The lowest BCUT2D eigenvalue weighted by Gasteiger charge is -2.29. The molecule has 0 N–H and O–H groups in total. The second kappa shape index (κ2) is 7.25. The van der Waals surface area contributed by atoms with Crippen LogP contribution < -0.4 is 9.47 Å². The number of fused-ring (bicyclic) bond motifs is 2. The van der Waals surface area contributed by atoms with E-state index in [1.165, 1.54) is 22.3 Å². The van der Waals surface area contributed by atoms with E-state index >= 15 is 0 Å². The van der Waals surface area contributed by atoms with Crippen LogP contribution >= 0.6 is 0 Å². The van der Waals surface area contributed by atoms with Crippen molar-refractivity contribution in [2.24, 2.45) is 0 Å². The SMILES string of the molecule is C=CCOCc1cncc2c1CCN(Cc1ccc3c(c1)OCO3)C2. The van der Waals surface area contributed by atoms with Crippen molar-refractivity contribution in [1.29, 1.82) is 0 Å². The molecule has 0 bridgehead atoms. The smallest absolute Gasteiger partial charge is 0.231 e. The maximum absolute atomic E-state index is 5.60. The summed E-state index contributed by atoms with van der Waals surface area (Å²) in [5.74, 6) is 1.68. The van der Waals surface area contributed by atoms with Crippen molar-refractivity contribution < 1.29 is 14.2 Å². The second-order valence-corrected chi connectivity index (χ2v) is 6.39. The molecule has 1 aromatic carbocycles. The first kappa shape index (κ1) is 16.1. The third kappa shape index (κ3) is 3.52. The lowest BCUT2D eigenvalue weighted by atomic mass is 9.97. The topological polar surface area (TPSA) is 43.8 Å². The van der Waals surface area contributed by atoms with Gasteiger partial charge in [0, 0.05) is 32.0 Å². The van der Waals surface area contributed by atoms with Gasteiger partial charge >= 0.3 is 0 Å². The van der Waals surface area contributed by atoms with Crippen LogP contribution in [0.25, 0.3) is 0 Å². The van der Waals surface area contributed by atoms with E-state index in [-0.39, 0.29) is 0 Å². The lowest BCUT2D eigenvalue weighted by Crippen LogP contribution is -2.31. The van der Waals surface area contributed by atoms with Crippen molar-refractivity contribution in [3.05, 3.63) is 65.5 Å². The number of aromatic nitrogens is 1. The molecule has 5 heteroatoms. The van der Waals surface area contributed by atoms with Crippen molar-refractivity contribution in [3.8, 4) is 11.5 Å². The molecule has 0 amide bonds. The normalized spacial score (nSPS) is 15.8. The van der Waals surface area contributed by atoms with Crippen LogP contribution in [0.5, 0.6) is 11.5 Å². The van der Waals surface area contributed by atoms with Crippen molar-refractivity contribution >= 4 is 0 Å². The van der Waals surface area contributed by atoms with Crippen molar-refractivity contribution in [2.75, 3.05) is 19.9 Å². The molecule has 0 atom stereocenters. The minimum atomic E-state index is 0.318. The summed E-state index contributed by atoms with van der Waals surface area (Å²) in [6, 6.07) is 6.18. The van der Waals surface area contributed by atoms with Gasteiger partial charge in [-0.1, -0.05) is 12.1 Å². The molecule has 1 aromatic heterocycles. The molecule has 3 heterocycles. The van der Waals surface area contributed by atoms with Crippen LogP contribution in [-0.2, 0) is 30.9 Å². The van der Waals surface area contributed by atoms with Gasteiger partial charge in [0.1, 0.15) is 0 Å². The molecule has 2 aromatic rings. The van der Waals surface area contributed by atoms with E-state index in [0.717, 1.165) is 37.6 Å². The third-order valence-electron chi connectivity index (χ3n) is 4.64. The molecule has 4 rings (SSSR count). The molecule has 0 radical (unpaired) electrons. The summed E-state index contributed by atoms with van der Waals surface area (Å²) in [6.45, 7) is 8.01. The van der Waals surface area contributed by atoms with E-state index < -0.39 is 0 Å². The number of ether oxygens (including phenoxy) is 3. The van der Waals surface area contributed by atoms with E-state index in [2.05, 4.69) is 28.6 Å². The zero-order valence-electron chi connectivity index (χ0n) is 14.2. The fourth-order valence-electron chi connectivity index (χ4n) is 3.44. The molecular formula is C20H22N2O3. The van der Waals surface area contributed by atoms with Crippen molar-refractivity contribution in [3.63, 3.8) is 0 Å². The molecule has 0 saturated carbocycles. The largest absolute Gasteiger partial charge is 0.454 e. The van der Waals surface area contributed by atoms with E-state index in [1.54, 1.807) is 6.08 Å². The Labute approximate surface area is 147 Å². The average Bonchev–Trinajstić information content (AvgIpc) is 3.10. The van der Waals surface area contributed by atoms with E-state index in [9.17, 15) is 0 Å². The molecule has 5 nitrogen and oxygen atoms in total. The Bertz CT molecular complexity index is 776. The fraction of sp³-hybridized carbons (Fsp3) is 0.350. The van der Waals surface area contributed by atoms with Gasteiger partial charge in [-0.15, -0.1) is 6.58 Å². The number of hydrogen-bond donors (Lipinski definition) is 0. The maximum Gasteiger partial charge on any atom is 0.231 e. The number of nitrogens with zero attached hydrogens (tertiary/aromatic N) is 2. The number of pyridine rings is 1. The fourth-order valence-corrected chi connectivity index (χ4v) is 3.44. The van der Waals surface area contributed by atoms with Crippen LogP contribution in [0, 0.1) is 0 Å². The maximum atomic E-state index is 5.60.